The molecule has 0 saturated carbocycles. The van der Waals surface area contributed by atoms with Crippen molar-refractivity contribution in [2.45, 2.75) is 6.42 Å². The van der Waals surface area contributed by atoms with Gasteiger partial charge in [-0.1, -0.05) is 18.2 Å². The lowest BCUT2D eigenvalue weighted by Gasteiger charge is -2.03. The normalized spacial score (nSPS) is 13.9. The maximum Gasteiger partial charge on any atom is 0.336 e. The van der Waals surface area contributed by atoms with E-state index in [0.717, 1.165) is 5.22 Å². The number of fused-ring (bicyclic) bond motifs is 1. The number of nitrogens with one attached hydrogen (secondary N) is 1. The van der Waals surface area contributed by atoms with Crippen LogP contribution in [0.1, 0.15) is 16.8 Å². The fourth-order valence-electron chi connectivity index (χ4n) is 1.56. The van der Waals surface area contributed by atoms with E-state index in [-0.39, 0.29) is 5.56 Å². The zero-order valence-corrected chi connectivity index (χ0v) is 7.45. The molecule has 0 aliphatic heterocycles. The first-order valence-electron chi connectivity index (χ1n) is 4.30. The van der Waals surface area contributed by atoms with Crippen LogP contribution in [0, 0.1) is 5.41 Å². The summed E-state index contributed by atoms with van der Waals surface area (Å²) < 4.78 is 0. The molecule has 70 valence electrons. The van der Waals surface area contributed by atoms with Gasteiger partial charge in [-0.15, -0.1) is 0 Å². The molecule has 0 fully saturated rings. The Hall–Kier alpha value is -1.90. The van der Waals surface area contributed by atoms with Crippen molar-refractivity contribution in [3.8, 4) is 0 Å². The quantitative estimate of drug-likeness (QED) is 0.667. The van der Waals surface area contributed by atoms with E-state index in [1.165, 1.54) is 0 Å². The lowest BCUT2D eigenvalue weighted by Crippen LogP contribution is -2.34. The third kappa shape index (κ3) is 1.33. The van der Waals surface area contributed by atoms with E-state index in [1.54, 1.807) is 18.2 Å². The van der Waals surface area contributed by atoms with Gasteiger partial charge in [-0.2, -0.15) is 0 Å². The van der Waals surface area contributed by atoms with Crippen LogP contribution in [0.4, 0.5) is 0 Å². The molecular formula is C11H9NO2. The van der Waals surface area contributed by atoms with Crippen molar-refractivity contribution in [3.63, 3.8) is 0 Å². The van der Waals surface area contributed by atoms with Crippen molar-refractivity contribution in [3.05, 3.63) is 34.2 Å². The molecule has 0 unspecified atom stereocenters. The minimum Gasteiger partial charge on any atom is -0.478 e. The summed E-state index contributed by atoms with van der Waals surface area (Å²) in [5.74, 6) is -0.943. The molecule has 2 rings (SSSR count). The van der Waals surface area contributed by atoms with Crippen molar-refractivity contribution in [2.75, 3.05) is 0 Å². The number of aromatic carboxylic acids is 1. The number of carboxylic acids is 1. The van der Waals surface area contributed by atoms with Gasteiger partial charge in [0.2, 0.25) is 0 Å². The van der Waals surface area contributed by atoms with Crippen LogP contribution < -0.4 is 10.4 Å². The van der Waals surface area contributed by atoms with Crippen molar-refractivity contribution in [2.24, 2.45) is 0 Å². The molecule has 0 atom stereocenters. The average Bonchev–Trinajstić information content (AvgIpc) is 2.16. The van der Waals surface area contributed by atoms with Crippen molar-refractivity contribution >= 4 is 23.8 Å². The zero-order valence-electron chi connectivity index (χ0n) is 7.45. The summed E-state index contributed by atoms with van der Waals surface area (Å²) in [7, 11) is 0. The summed E-state index contributed by atoms with van der Waals surface area (Å²) in [5.41, 5.74) is 0.717. The Morgan fingerprint density at radius 2 is 2.21 bits per heavy atom. The summed E-state index contributed by atoms with van der Waals surface area (Å²) in [6.45, 7) is 0. The Morgan fingerprint density at radius 1 is 1.43 bits per heavy atom. The SMILES string of the molecule is N=C1C=c2c(C(=O)O)cccc2=CC1. The van der Waals surface area contributed by atoms with Gasteiger partial charge in [-0.25, -0.2) is 4.79 Å². The number of carbonyl (C=O) groups is 1. The highest BCUT2D eigenvalue weighted by Gasteiger charge is 2.07. The minimum absolute atomic E-state index is 0.267. The highest BCUT2D eigenvalue weighted by molar-refractivity contribution is 6.12. The number of benzene rings is 1. The first-order valence-corrected chi connectivity index (χ1v) is 4.30. The number of hydrogen-bond donors (Lipinski definition) is 2. The van der Waals surface area contributed by atoms with Gasteiger partial charge in [0.1, 0.15) is 0 Å². The fraction of sp³-hybridized carbons (Fsp3) is 0.0909. The van der Waals surface area contributed by atoms with Crippen LogP contribution in [-0.4, -0.2) is 16.8 Å². The van der Waals surface area contributed by atoms with Crippen LogP contribution in [0.2, 0.25) is 0 Å². The van der Waals surface area contributed by atoms with Gasteiger partial charge >= 0.3 is 5.97 Å². The molecule has 3 heteroatoms. The molecule has 2 N–H and O–H groups in total. The van der Waals surface area contributed by atoms with Gasteiger partial charge in [0.15, 0.2) is 0 Å². The summed E-state index contributed by atoms with van der Waals surface area (Å²) in [6.07, 6.45) is 4.08. The predicted molar refractivity (Wildman–Crippen MR) is 53.9 cm³/mol. The van der Waals surface area contributed by atoms with Gasteiger partial charge in [0, 0.05) is 12.1 Å². The first kappa shape index (κ1) is 8.69. The summed E-state index contributed by atoms with van der Waals surface area (Å²) >= 11 is 0. The van der Waals surface area contributed by atoms with E-state index in [4.69, 9.17) is 10.5 Å². The predicted octanol–water partition coefficient (Wildman–Crippen LogP) is 0.369. The first-order chi connectivity index (χ1) is 6.68. The van der Waals surface area contributed by atoms with Crippen LogP contribution in [0.15, 0.2) is 18.2 Å². The Labute approximate surface area is 80.5 Å². The molecule has 0 saturated heterocycles. The zero-order chi connectivity index (χ0) is 10.1. The van der Waals surface area contributed by atoms with E-state index < -0.39 is 5.97 Å². The van der Waals surface area contributed by atoms with Gasteiger partial charge in [0.05, 0.1) is 5.56 Å². The van der Waals surface area contributed by atoms with E-state index in [0.29, 0.717) is 17.4 Å². The van der Waals surface area contributed by atoms with E-state index in [1.807, 2.05) is 12.1 Å². The molecule has 14 heavy (non-hydrogen) atoms. The lowest BCUT2D eigenvalue weighted by molar-refractivity contribution is 0.0695. The Bertz CT molecular complexity index is 529. The van der Waals surface area contributed by atoms with Gasteiger partial charge in [-0.3, -0.25) is 0 Å². The number of hydrogen-bond acceptors (Lipinski definition) is 2. The molecule has 0 bridgehead atoms. The molecule has 1 aromatic rings. The highest BCUT2D eigenvalue weighted by atomic mass is 16.4. The molecule has 0 heterocycles. The average molecular weight is 187 g/mol. The van der Waals surface area contributed by atoms with Gasteiger partial charge in [-0.05, 0) is 22.6 Å². The fourth-order valence-corrected chi connectivity index (χ4v) is 1.56. The second-order valence-corrected chi connectivity index (χ2v) is 3.19. The lowest BCUT2D eigenvalue weighted by atomic mass is 10.0. The van der Waals surface area contributed by atoms with Crippen LogP contribution in [0.25, 0.3) is 12.2 Å². The molecule has 0 amide bonds. The number of rotatable bonds is 1. The molecule has 3 nitrogen and oxygen atoms in total. The third-order valence-electron chi connectivity index (χ3n) is 2.23. The molecule has 0 aromatic heterocycles. The maximum absolute atomic E-state index is 10.9. The molecule has 1 aliphatic carbocycles. The van der Waals surface area contributed by atoms with Crippen LogP contribution in [0.3, 0.4) is 0 Å². The van der Waals surface area contributed by atoms with Crippen molar-refractivity contribution in [1.82, 2.24) is 0 Å². The molecule has 0 spiro atoms. The van der Waals surface area contributed by atoms with Crippen molar-refractivity contribution < 1.29 is 9.90 Å². The third-order valence-corrected chi connectivity index (χ3v) is 2.23. The standard InChI is InChI=1S/C11H9NO2/c12-8-5-4-7-2-1-3-9(11(13)14)10(7)6-8/h1-4,6,12H,5H2,(H,13,14). The van der Waals surface area contributed by atoms with Crippen LogP contribution in [-0.2, 0) is 0 Å². The molecule has 1 aliphatic rings. The monoisotopic (exact) mass is 187 g/mol. The van der Waals surface area contributed by atoms with E-state index >= 15 is 0 Å². The van der Waals surface area contributed by atoms with E-state index in [2.05, 4.69) is 0 Å². The Balaban J connectivity index is 2.85. The summed E-state index contributed by atoms with van der Waals surface area (Å²) in [4.78, 5) is 10.9. The van der Waals surface area contributed by atoms with Crippen LogP contribution in [0.5, 0.6) is 0 Å². The van der Waals surface area contributed by atoms with E-state index in [9.17, 15) is 4.79 Å². The topological polar surface area (TPSA) is 61.2 Å². The summed E-state index contributed by atoms with van der Waals surface area (Å²) in [5, 5.41) is 18.0. The maximum atomic E-state index is 10.9. The second kappa shape index (κ2) is 3.10. The smallest absolute Gasteiger partial charge is 0.336 e. The highest BCUT2D eigenvalue weighted by Crippen LogP contribution is 1.95. The largest absolute Gasteiger partial charge is 0.478 e. The Kier molecular flexibility index (Phi) is 1.93. The molecular weight excluding hydrogens is 178 g/mol. The summed E-state index contributed by atoms with van der Waals surface area (Å²) in [6, 6.07) is 5.15. The van der Waals surface area contributed by atoms with Gasteiger partial charge in [0.25, 0.3) is 0 Å². The molecule has 0 radical (unpaired) electrons. The van der Waals surface area contributed by atoms with Gasteiger partial charge < -0.3 is 10.5 Å². The minimum atomic E-state index is -0.943. The number of carboxylic acid groups (broad SMARTS) is 1. The second-order valence-electron chi connectivity index (χ2n) is 3.19. The Morgan fingerprint density at radius 3 is 2.93 bits per heavy atom. The molecule has 1 aromatic carbocycles. The van der Waals surface area contributed by atoms with Crippen molar-refractivity contribution in [1.29, 1.82) is 5.41 Å². The van der Waals surface area contributed by atoms with Crippen LogP contribution >= 0.6 is 0 Å².